The average Bonchev–Trinajstić information content (AvgIpc) is 3.55. The molecule has 4 aromatic rings. The zero-order valence-corrected chi connectivity index (χ0v) is 51.4. The Bertz CT molecular complexity index is 2940. The van der Waals surface area contributed by atoms with Gasteiger partial charge in [0.1, 0.15) is 6.61 Å². The summed E-state index contributed by atoms with van der Waals surface area (Å²) < 4.78 is 58.7. The highest BCUT2D eigenvalue weighted by Gasteiger charge is 2.53. The van der Waals surface area contributed by atoms with Crippen molar-refractivity contribution < 1.29 is 95.0 Å². The molecular weight excluding hydrogens is 1130 g/mol. The lowest BCUT2D eigenvalue weighted by Gasteiger charge is -2.44. The van der Waals surface area contributed by atoms with Crippen LogP contribution in [-0.2, 0) is 90.2 Å². The van der Waals surface area contributed by atoms with Crippen LogP contribution < -0.4 is 21.0 Å². The van der Waals surface area contributed by atoms with Crippen molar-refractivity contribution in [2.24, 2.45) is 0 Å². The number of hydrogen-bond donors (Lipinski definition) is 2. The van der Waals surface area contributed by atoms with Gasteiger partial charge in [-0.15, -0.1) is 0 Å². The number of benzene rings is 4. The largest absolute Gasteiger partial charge is 0.457 e. The van der Waals surface area contributed by atoms with Gasteiger partial charge in [-0.1, -0.05) is 130 Å². The predicted octanol–water partition coefficient (Wildman–Crippen LogP) is 4.60. The van der Waals surface area contributed by atoms with E-state index in [-0.39, 0.29) is 25.6 Å². The summed E-state index contributed by atoms with van der Waals surface area (Å²) in [7, 11) is -2.04. The molecule has 2 amide bonds. The molecular formula is C62H77N3O20Si. The summed E-state index contributed by atoms with van der Waals surface area (Å²) in [4.78, 5) is 133. The third-order valence-corrected chi connectivity index (χ3v) is 18.7. The van der Waals surface area contributed by atoms with Gasteiger partial charge in [0.05, 0.1) is 6.61 Å². The Kier molecular flexibility index (Phi) is 25.1. The summed E-state index contributed by atoms with van der Waals surface area (Å²) in [5.41, 5.74) is 4.04. The minimum absolute atomic E-state index is 0.00364. The second-order valence-electron chi connectivity index (χ2n) is 21.5. The zero-order valence-electron chi connectivity index (χ0n) is 50.4. The van der Waals surface area contributed by atoms with Gasteiger partial charge in [0, 0.05) is 87.5 Å². The van der Waals surface area contributed by atoms with Crippen molar-refractivity contribution in [3.8, 4) is 11.1 Å². The van der Waals surface area contributed by atoms with Crippen molar-refractivity contribution >= 4 is 78.4 Å². The van der Waals surface area contributed by atoms with Gasteiger partial charge in [0.25, 0.3) is 14.2 Å². The maximum atomic E-state index is 14.2. The molecule has 0 heterocycles. The number of hydrogen-bond acceptors (Lipinski definition) is 21. The van der Waals surface area contributed by atoms with E-state index in [2.05, 4.69) is 10.6 Å². The molecule has 0 radical (unpaired) electrons. The van der Waals surface area contributed by atoms with Gasteiger partial charge in [-0.3, -0.25) is 48.1 Å². The summed E-state index contributed by atoms with van der Waals surface area (Å²) in [5, 5.41) is 6.13. The molecule has 0 saturated heterocycles. The van der Waals surface area contributed by atoms with Gasteiger partial charge in [-0.2, -0.15) is 0 Å². The average molecular weight is 1210 g/mol. The number of alkyl carbamates (subject to hydrolysis) is 1. The van der Waals surface area contributed by atoms with Gasteiger partial charge < -0.3 is 57.7 Å². The van der Waals surface area contributed by atoms with Crippen LogP contribution in [0.15, 0.2) is 109 Å². The van der Waals surface area contributed by atoms with Crippen LogP contribution in [0.3, 0.4) is 0 Å². The molecule has 5 rings (SSSR count). The van der Waals surface area contributed by atoms with Crippen molar-refractivity contribution in [1.82, 2.24) is 15.5 Å². The van der Waals surface area contributed by atoms with Gasteiger partial charge in [-0.05, 0) is 44.7 Å². The molecule has 0 spiro atoms. The van der Waals surface area contributed by atoms with E-state index in [9.17, 15) is 47.9 Å². The fourth-order valence-corrected chi connectivity index (χ4v) is 15.2. The molecule has 0 bridgehead atoms. The van der Waals surface area contributed by atoms with Crippen molar-refractivity contribution in [3.63, 3.8) is 0 Å². The number of likely N-dealkylation sites (N-methyl/N-ethyl adjacent to an activating group) is 1. The van der Waals surface area contributed by atoms with Crippen molar-refractivity contribution in [1.29, 1.82) is 0 Å². The molecule has 23 nitrogen and oxygen atoms in total. The molecule has 1 aliphatic rings. The number of fused-ring (bicyclic) bond motifs is 3. The van der Waals surface area contributed by atoms with Crippen LogP contribution in [-0.4, -0.2) is 168 Å². The Morgan fingerprint density at radius 3 is 1.24 bits per heavy atom. The van der Waals surface area contributed by atoms with Crippen molar-refractivity contribution in [2.75, 3.05) is 46.4 Å². The minimum atomic E-state index is -3.44. The van der Waals surface area contributed by atoms with Crippen LogP contribution in [0.5, 0.6) is 0 Å². The van der Waals surface area contributed by atoms with Crippen LogP contribution in [0, 0.1) is 0 Å². The lowest BCUT2D eigenvalue weighted by atomic mass is 9.98. The number of ether oxygens (including phenoxy) is 9. The SMILES string of the molecule is CC(=O)OC(CO[Si](c1ccccc1)(c1ccccc1)C(C)(C)C)C(OC(C)=O)C(OC(C)=O)C(CN(C)CC(OC(C)=O)C(OC(C)=O)C(OC(C)=O)C(OC(C)=O)C(=O)NCCNC(=O)OCC1c2ccccc2-c2ccccc21)OC(C)=O. The molecule has 0 fully saturated rings. The summed E-state index contributed by atoms with van der Waals surface area (Å²) in [6.07, 6.45) is -15.5. The molecule has 86 heavy (non-hydrogen) atoms. The Morgan fingerprint density at radius 1 is 0.465 bits per heavy atom. The molecule has 464 valence electrons. The van der Waals surface area contributed by atoms with Gasteiger partial charge >= 0.3 is 53.8 Å². The lowest BCUT2D eigenvalue weighted by Crippen LogP contribution is -2.67. The Balaban J connectivity index is 1.44. The van der Waals surface area contributed by atoms with E-state index in [1.165, 1.54) is 11.9 Å². The number of nitrogens with zero attached hydrogens (tertiary/aromatic N) is 1. The van der Waals surface area contributed by atoms with Crippen LogP contribution in [0.4, 0.5) is 4.79 Å². The number of esters is 8. The van der Waals surface area contributed by atoms with E-state index in [4.69, 9.17) is 47.1 Å². The van der Waals surface area contributed by atoms with E-state index >= 15 is 0 Å². The monoisotopic (exact) mass is 1210 g/mol. The fourth-order valence-electron chi connectivity index (χ4n) is 10.6. The first-order valence-corrected chi connectivity index (χ1v) is 29.7. The van der Waals surface area contributed by atoms with E-state index < -0.39 is 142 Å². The molecule has 8 unspecified atom stereocenters. The Morgan fingerprint density at radius 2 is 0.826 bits per heavy atom. The first-order chi connectivity index (χ1) is 40.6. The summed E-state index contributed by atoms with van der Waals surface area (Å²) in [6.45, 7) is 12.1. The van der Waals surface area contributed by atoms with Crippen molar-refractivity contribution in [2.45, 2.75) is 136 Å². The Labute approximate surface area is 501 Å². The summed E-state index contributed by atoms with van der Waals surface area (Å²) in [6, 6.07) is 34.4. The topological polar surface area (TPSA) is 290 Å². The fraction of sp³-hybridized carbons (Fsp3) is 0.452. The van der Waals surface area contributed by atoms with Crippen LogP contribution in [0.25, 0.3) is 11.1 Å². The number of rotatable bonds is 29. The van der Waals surface area contributed by atoms with Gasteiger partial charge in [0.2, 0.25) is 6.10 Å². The maximum Gasteiger partial charge on any atom is 0.407 e. The van der Waals surface area contributed by atoms with E-state index in [1.807, 2.05) is 130 Å². The molecule has 2 N–H and O–H groups in total. The van der Waals surface area contributed by atoms with Crippen LogP contribution >= 0.6 is 0 Å². The third kappa shape index (κ3) is 19.0. The molecule has 8 atom stereocenters. The number of amides is 2. The van der Waals surface area contributed by atoms with Crippen LogP contribution in [0.2, 0.25) is 5.04 Å². The Hall–Kier alpha value is -8.48. The highest BCUT2D eigenvalue weighted by Crippen LogP contribution is 2.44. The lowest BCUT2D eigenvalue weighted by molar-refractivity contribution is -0.204. The van der Waals surface area contributed by atoms with Crippen molar-refractivity contribution in [3.05, 3.63) is 120 Å². The predicted molar refractivity (Wildman–Crippen MR) is 312 cm³/mol. The van der Waals surface area contributed by atoms with E-state index in [1.54, 1.807) is 0 Å². The quantitative estimate of drug-likeness (QED) is 0.0325. The second kappa shape index (κ2) is 31.6. The first-order valence-electron chi connectivity index (χ1n) is 27.8. The zero-order chi connectivity index (χ0) is 63.5. The smallest absolute Gasteiger partial charge is 0.407 e. The normalized spacial score (nSPS) is 14.8. The number of carbonyl (C=O) groups excluding carboxylic acids is 10. The molecule has 1 aliphatic carbocycles. The molecule has 24 heteroatoms. The number of carbonyl (C=O) groups is 10. The van der Waals surface area contributed by atoms with E-state index in [0.717, 1.165) is 88.0 Å². The van der Waals surface area contributed by atoms with Gasteiger partial charge in [0.15, 0.2) is 42.7 Å². The molecule has 0 aromatic heterocycles. The molecule has 4 aromatic carbocycles. The molecule has 0 saturated carbocycles. The summed E-state index contributed by atoms with van der Waals surface area (Å²) in [5.74, 6) is -9.17. The third-order valence-electron chi connectivity index (χ3n) is 13.7. The molecule has 0 aliphatic heterocycles. The first kappa shape index (κ1) is 68.3. The number of nitrogens with one attached hydrogen (secondary N) is 2. The van der Waals surface area contributed by atoms with E-state index in [0.29, 0.717) is 0 Å². The maximum absolute atomic E-state index is 14.2. The highest BCUT2D eigenvalue weighted by atomic mass is 28.4. The standard InChI is InChI=1S/C62H77N3O20Si/c1-37(66)78-52(55(81-40(4)69)57(83-42(6)71)54(80-39(3)68)36-77-86(62(9,10)11,45-23-15-13-16-24-45)46-25-17-14-18-26-46)33-65(12)34-53(79-38(2)67)56(82-41(5)70)58(84-43(7)72)59(85-44(8)73)60(74)63-31-32-64-61(75)76-35-51-49-29-21-19-27-47(49)48-28-20-22-30-50(48)51/h13-30,51-59H,31-36H2,1-12H3,(H,63,74)(H,64,75). The van der Waals surface area contributed by atoms with Gasteiger partial charge in [-0.25, -0.2) is 4.79 Å². The highest BCUT2D eigenvalue weighted by molar-refractivity contribution is 6.99. The second-order valence-corrected chi connectivity index (χ2v) is 25.8. The summed E-state index contributed by atoms with van der Waals surface area (Å²) >= 11 is 0. The van der Waals surface area contributed by atoms with Crippen LogP contribution in [0.1, 0.15) is 93.2 Å². The minimum Gasteiger partial charge on any atom is -0.457 e.